The highest BCUT2D eigenvalue weighted by Gasteiger charge is 2.16. The van der Waals surface area contributed by atoms with Gasteiger partial charge < -0.3 is 5.11 Å². The summed E-state index contributed by atoms with van der Waals surface area (Å²) >= 11 is 7.05. The molecule has 0 amide bonds. The van der Waals surface area contributed by atoms with E-state index in [1.807, 2.05) is 52.0 Å². The third-order valence-electron chi connectivity index (χ3n) is 4.72. The summed E-state index contributed by atoms with van der Waals surface area (Å²) in [4.78, 5) is 1.42. The number of halogens is 2. The minimum absolute atomic E-state index is 0.314. The predicted molar refractivity (Wildman–Crippen MR) is 134 cm³/mol. The fourth-order valence-corrected chi connectivity index (χ4v) is 3.66. The summed E-state index contributed by atoms with van der Waals surface area (Å²) in [5, 5.41) is 35.9. The van der Waals surface area contributed by atoms with E-state index >= 15 is 0 Å². The number of aromatic nitrogens is 8. The number of hydrogen-bond acceptors (Lipinski definition) is 7. The molecule has 0 aliphatic rings. The average molecular weight is 578 g/mol. The maximum atomic E-state index is 9.74. The first kappa shape index (κ1) is 25.1. The summed E-state index contributed by atoms with van der Waals surface area (Å²) in [6.07, 6.45) is 0. The normalized spacial score (nSPS) is 11.3. The summed E-state index contributed by atoms with van der Waals surface area (Å²) < 4.78 is 2.23. The monoisotopic (exact) mass is 576 g/mol. The number of nitrogens with one attached hydrogen (secondary N) is 1. The zero-order valence-electron chi connectivity index (χ0n) is 19.4. The van der Waals surface area contributed by atoms with Gasteiger partial charge in [-0.3, -0.25) is 0 Å². The van der Waals surface area contributed by atoms with Crippen molar-refractivity contribution in [2.45, 2.75) is 53.7 Å². The molecule has 2 aromatic carbocycles. The van der Waals surface area contributed by atoms with Gasteiger partial charge in [-0.15, -0.1) is 20.4 Å². The molecule has 4 rings (SSSR count). The second-order valence-electron chi connectivity index (χ2n) is 8.54. The van der Waals surface area contributed by atoms with E-state index < -0.39 is 5.60 Å². The van der Waals surface area contributed by atoms with Gasteiger partial charge in [0.15, 0.2) is 0 Å². The molecule has 2 N–H and O–H groups in total. The van der Waals surface area contributed by atoms with Crippen molar-refractivity contribution < 1.29 is 5.11 Å². The van der Waals surface area contributed by atoms with E-state index in [1.54, 1.807) is 13.8 Å². The van der Waals surface area contributed by atoms with Gasteiger partial charge in [-0.1, -0.05) is 31.9 Å². The van der Waals surface area contributed by atoms with Crippen LogP contribution in [0.5, 0.6) is 0 Å². The first-order chi connectivity index (χ1) is 15.4. The number of rotatable bonds is 4. The summed E-state index contributed by atoms with van der Waals surface area (Å²) in [7, 11) is 0. The van der Waals surface area contributed by atoms with Crippen LogP contribution in [0.1, 0.15) is 36.1 Å². The van der Waals surface area contributed by atoms with Gasteiger partial charge in [-0.2, -0.15) is 10.0 Å². The Bertz CT molecular complexity index is 1200. The van der Waals surface area contributed by atoms with E-state index in [2.05, 4.69) is 67.9 Å². The smallest absolute Gasteiger partial charge is 0.204 e. The highest BCUT2D eigenvalue weighted by molar-refractivity contribution is 9.10. The van der Waals surface area contributed by atoms with Gasteiger partial charge in [-0.05, 0) is 98.5 Å². The summed E-state index contributed by atoms with van der Waals surface area (Å²) in [5.41, 5.74) is 5.66. The first-order valence-corrected chi connectivity index (χ1v) is 11.8. The molecular formula is C22H26Br2N8O. The lowest BCUT2D eigenvalue weighted by Crippen LogP contribution is -2.27. The Kier molecular flexibility index (Phi) is 7.76. The minimum Gasteiger partial charge on any atom is -0.388 e. The van der Waals surface area contributed by atoms with Crippen LogP contribution < -0.4 is 0 Å². The van der Waals surface area contributed by atoms with Crippen LogP contribution in [0.4, 0.5) is 0 Å². The second kappa shape index (κ2) is 10.2. The number of aromatic amines is 1. The Morgan fingerprint density at radius 3 is 1.76 bits per heavy atom. The van der Waals surface area contributed by atoms with Crippen molar-refractivity contribution >= 4 is 31.9 Å². The molecule has 0 atom stereocenters. The van der Waals surface area contributed by atoms with Crippen molar-refractivity contribution in [1.29, 1.82) is 0 Å². The van der Waals surface area contributed by atoms with Crippen LogP contribution in [0.15, 0.2) is 33.2 Å². The van der Waals surface area contributed by atoms with Crippen LogP contribution in [-0.4, -0.2) is 51.5 Å². The fraction of sp³-hybridized carbons (Fsp3) is 0.364. The van der Waals surface area contributed by atoms with Crippen molar-refractivity contribution in [1.82, 2.24) is 40.8 Å². The van der Waals surface area contributed by atoms with Gasteiger partial charge >= 0.3 is 0 Å². The molecule has 0 fully saturated rings. The number of aryl methyl sites for hydroxylation is 4. The number of benzene rings is 2. The van der Waals surface area contributed by atoms with E-state index in [9.17, 15) is 5.11 Å². The lowest BCUT2D eigenvalue weighted by Gasteiger charge is -2.14. The van der Waals surface area contributed by atoms with Crippen molar-refractivity contribution in [3.8, 4) is 22.8 Å². The number of H-pyrrole nitrogens is 1. The van der Waals surface area contributed by atoms with Gasteiger partial charge in [0, 0.05) is 20.1 Å². The molecule has 0 bridgehead atoms. The largest absolute Gasteiger partial charge is 0.388 e. The molecule has 0 saturated carbocycles. The minimum atomic E-state index is -0.858. The zero-order chi connectivity index (χ0) is 24.3. The van der Waals surface area contributed by atoms with Crippen LogP contribution in [0.3, 0.4) is 0 Å². The van der Waals surface area contributed by atoms with Crippen molar-refractivity contribution in [3.63, 3.8) is 0 Å². The number of nitrogens with zero attached hydrogens (tertiary/aromatic N) is 7. The van der Waals surface area contributed by atoms with E-state index in [0.717, 1.165) is 31.2 Å². The van der Waals surface area contributed by atoms with Crippen molar-refractivity contribution in [2.75, 3.05) is 0 Å². The topological polar surface area (TPSA) is 118 Å². The van der Waals surface area contributed by atoms with Crippen molar-refractivity contribution in [3.05, 3.63) is 55.5 Å². The third-order valence-corrected chi connectivity index (χ3v) is 7.22. The predicted octanol–water partition coefficient (Wildman–Crippen LogP) is 4.74. The average Bonchev–Trinajstić information content (AvgIpc) is 3.41. The van der Waals surface area contributed by atoms with Gasteiger partial charge in [0.05, 0.1) is 12.1 Å². The SMILES string of the molecule is Cc1cc(-c2nn[nH]n2)cc(C)c1Br.Cc1cc(-c2nnn(CC(C)(C)O)n2)cc(C)c1Br. The third kappa shape index (κ3) is 6.52. The molecule has 0 radical (unpaired) electrons. The second-order valence-corrected chi connectivity index (χ2v) is 10.1. The summed E-state index contributed by atoms with van der Waals surface area (Å²) in [5.74, 6) is 1.20. The van der Waals surface area contributed by atoms with Crippen LogP contribution in [0.2, 0.25) is 0 Å². The molecule has 33 heavy (non-hydrogen) atoms. The molecule has 2 aromatic heterocycles. The van der Waals surface area contributed by atoms with Gasteiger partial charge in [0.2, 0.25) is 11.6 Å². The van der Waals surface area contributed by atoms with Crippen LogP contribution in [0.25, 0.3) is 22.8 Å². The quantitative estimate of drug-likeness (QED) is 0.360. The van der Waals surface area contributed by atoms with Gasteiger partial charge in [-0.25, -0.2) is 0 Å². The molecule has 0 saturated heterocycles. The Balaban J connectivity index is 0.000000194. The lowest BCUT2D eigenvalue weighted by molar-refractivity contribution is 0.0526. The maximum Gasteiger partial charge on any atom is 0.204 e. The maximum absolute atomic E-state index is 9.74. The zero-order valence-corrected chi connectivity index (χ0v) is 22.5. The van der Waals surface area contributed by atoms with E-state index in [4.69, 9.17) is 0 Å². The van der Waals surface area contributed by atoms with Gasteiger partial charge in [0.1, 0.15) is 0 Å². The van der Waals surface area contributed by atoms with Crippen LogP contribution in [-0.2, 0) is 6.54 Å². The molecule has 0 aliphatic carbocycles. The number of aliphatic hydroxyl groups is 1. The Labute approximate surface area is 209 Å². The molecular weight excluding hydrogens is 552 g/mol. The highest BCUT2D eigenvalue weighted by Crippen LogP contribution is 2.27. The molecule has 174 valence electrons. The van der Waals surface area contributed by atoms with Crippen LogP contribution in [0, 0.1) is 27.7 Å². The number of tetrazole rings is 2. The van der Waals surface area contributed by atoms with E-state index in [1.165, 1.54) is 15.9 Å². The van der Waals surface area contributed by atoms with Crippen LogP contribution >= 0.6 is 31.9 Å². The highest BCUT2D eigenvalue weighted by atomic mass is 79.9. The van der Waals surface area contributed by atoms with E-state index in [0.29, 0.717) is 18.2 Å². The first-order valence-electron chi connectivity index (χ1n) is 10.2. The fourth-order valence-electron chi connectivity index (χ4n) is 3.21. The molecule has 11 heteroatoms. The van der Waals surface area contributed by atoms with Crippen molar-refractivity contribution in [2.24, 2.45) is 0 Å². The molecule has 0 aliphatic heterocycles. The Hall–Kier alpha value is -2.50. The Morgan fingerprint density at radius 1 is 0.848 bits per heavy atom. The lowest BCUT2D eigenvalue weighted by atomic mass is 10.1. The molecule has 0 spiro atoms. The Morgan fingerprint density at radius 2 is 1.33 bits per heavy atom. The molecule has 2 heterocycles. The molecule has 9 nitrogen and oxygen atoms in total. The molecule has 0 unspecified atom stereocenters. The molecule has 4 aromatic rings. The van der Waals surface area contributed by atoms with Gasteiger partial charge in [0.25, 0.3) is 0 Å². The summed E-state index contributed by atoms with van der Waals surface area (Å²) in [6, 6.07) is 8.09. The number of hydrogen-bond donors (Lipinski definition) is 2. The van der Waals surface area contributed by atoms with E-state index in [-0.39, 0.29) is 0 Å². The summed E-state index contributed by atoms with van der Waals surface area (Å²) in [6.45, 7) is 11.9. The standard InChI is InChI=1S/C13H17BrN4O.C9H9BrN4/c1-8-5-10(6-9(2)11(8)14)12-15-17-18(16-12)7-13(3,4)19;1-5-3-7(4-6(2)8(5)10)9-11-13-14-12-9/h5-6,19H,7H2,1-4H3;3-4H,1-2H3,(H,11,12,13,14).